The number of hydrogen-bond acceptors (Lipinski definition) is 5. The molecule has 0 saturated carbocycles. The topological polar surface area (TPSA) is 99.5 Å². The summed E-state index contributed by atoms with van der Waals surface area (Å²) in [7, 11) is -0.700. The van der Waals surface area contributed by atoms with Crippen molar-refractivity contribution < 1.29 is 17.9 Å². The van der Waals surface area contributed by atoms with Crippen LogP contribution in [0.5, 0.6) is 5.75 Å². The lowest BCUT2D eigenvalue weighted by molar-refractivity contribution is -0.118. The van der Waals surface area contributed by atoms with Crippen molar-refractivity contribution in [2.45, 2.75) is 4.90 Å². The van der Waals surface area contributed by atoms with Crippen LogP contribution in [-0.4, -0.2) is 39.3 Å². The van der Waals surface area contributed by atoms with Gasteiger partial charge in [0.25, 0.3) is 5.91 Å². The second kappa shape index (κ2) is 7.79. The molecule has 0 aliphatic rings. The van der Waals surface area contributed by atoms with Crippen LogP contribution in [0.2, 0.25) is 0 Å². The first-order valence-corrected chi connectivity index (χ1v) is 8.72. The van der Waals surface area contributed by atoms with E-state index in [2.05, 4.69) is 5.32 Å². The molecule has 0 bridgehead atoms. The number of hydrogen-bond donors (Lipinski definition) is 1. The minimum Gasteiger partial charge on any atom is -0.484 e. The molecule has 0 fully saturated rings. The smallest absolute Gasteiger partial charge is 0.262 e. The maximum absolute atomic E-state index is 12.1. The summed E-state index contributed by atoms with van der Waals surface area (Å²) in [4.78, 5) is 12.0. The average Bonchev–Trinajstić information content (AvgIpc) is 2.60. The van der Waals surface area contributed by atoms with Gasteiger partial charge >= 0.3 is 0 Å². The number of anilines is 1. The quantitative estimate of drug-likeness (QED) is 0.848. The third kappa shape index (κ3) is 4.79. The lowest BCUT2D eigenvalue weighted by Crippen LogP contribution is -2.23. The summed E-state index contributed by atoms with van der Waals surface area (Å²) in [6.07, 6.45) is 0. The summed E-state index contributed by atoms with van der Waals surface area (Å²) >= 11 is 0. The Morgan fingerprint density at radius 2 is 1.88 bits per heavy atom. The van der Waals surface area contributed by atoms with Crippen LogP contribution in [0.1, 0.15) is 5.56 Å². The lowest BCUT2D eigenvalue weighted by Gasteiger charge is -2.13. The Morgan fingerprint density at radius 3 is 2.48 bits per heavy atom. The van der Waals surface area contributed by atoms with E-state index in [0.717, 1.165) is 4.31 Å². The first-order valence-electron chi connectivity index (χ1n) is 7.28. The van der Waals surface area contributed by atoms with Crippen molar-refractivity contribution in [3.63, 3.8) is 0 Å². The fourth-order valence-corrected chi connectivity index (χ4v) is 2.86. The molecular formula is C17H17N3O4S. The van der Waals surface area contributed by atoms with Gasteiger partial charge in [-0.25, -0.2) is 12.7 Å². The van der Waals surface area contributed by atoms with Crippen LogP contribution in [0, 0.1) is 11.3 Å². The van der Waals surface area contributed by atoms with E-state index in [9.17, 15) is 13.2 Å². The first kappa shape index (κ1) is 18.4. The summed E-state index contributed by atoms with van der Waals surface area (Å²) < 4.78 is 30.6. The van der Waals surface area contributed by atoms with Crippen molar-refractivity contribution in [2.75, 3.05) is 26.0 Å². The molecule has 2 rings (SSSR count). The molecule has 7 nitrogen and oxygen atoms in total. The molecule has 0 radical (unpaired) electrons. The maximum atomic E-state index is 12.1. The highest BCUT2D eigenvalue weighted by Gasteiger charge is 2.17. The second-order valence-corrected chi connectivity index (χ2v) is 7.44. The van der Waals surface area contributed by atoms with Crippen LogP contribution < -0.4 is 10.1 Å². The van der Waals surface area contributed by atoms with E-state index in [1.165, 1.54) is 26.2 Å². The number of sulfonamides is 1. The van der Waals surface area contributed by atoms with Gasteiger partial charge in [0.15, 0.2) is 6.61 Å². The second-order valence-electron chi connectivity index (χ2n) is 5.29. The number of nitrogens with zero attached hydrogens (tertiary/aromatic N) is 2. The van der Waals surface area contributed by atoms with Crippen LogP contribution >= 0.6 is 0 Å². The van der Waals surface area contributed by atoms with E-state index >= 15 is 0 Å². The highest BCUT2D eigenvalue weighted by Crippen LogP contribution is 2.18. The molecule has 0 spiro atoms. The van der Waals surface area contributed by atoms with Gasteiger partial charge < -0.3 is 10.1 Å². The summed E-state index contributed by atoms with van der Waals surface area (Å²) in [5.41, 5.74) is 0.854. The molecule has 130 valence electrons. The monoisotopic (exact) mass is 359 g/mol. The number of ether oxygens (including phenoxy) is 1. The van der Waals surface area contributed by atoms with E-state index in [-0.39, 0.29) is 11.5 Å². The highest BCUT2D eigenvalue weighted by atomic mass is 32.2. The molecular weight excluding hydrogens is 342 g/mol. The predicted molar refractivity (Wildman–Crippen MR) is 92.6 cm³/mol. The van der Waals surface area contributed by atoms with Crippen molar-refractivity contribution in [3.8, 4) is 11.8 Å². The number of carbonyl (C=O) groups excluding carboxylic acids is 1. The van der Waals surface area contributed by atoms with E-state index in [1.807, 2.05) is 6.07 Å². The summed E-state index contributed by atoms with van der Waals surface area (Å²) in [5, 5.41) is 11.3. The fraction of sp³-hybridized carbons (Fsp3) is 0.176. The van der Waals surface area contributed by atoms with Crippen molar-refractivity contribution in [2.24, 2.45) is 0 Å². The zero-order chi connectivity index (χ0) is 18.4. The normalized spacial score (nSPS) is 11.0. The van der Waals surface area contributed by atoms with Gasteiger partial charge in [-0.3, -0.25) is 4.79 Å². The molecule has 0 aliphatic heterocycles. The Bertz CT molecular complexity index is 900. The SMILES string of the molecule is CN(C)S(=O)(=O)c1cccc(NC(=O)COc2ccc(C#N)cc2)c1. The van der Waals surface area contributed by atoms with Gasteiger partial charge in [-0.2, -0.15) is 5.26 Å². The molecule has 0 aliphatic carbocycles. The van der Waals surface area contributed by atoms with Gasteiger partial charge in [0.1, 0.15) is 5.75 Å². The molecule has 1 amide bonds. The molecule has 0 heterocycles. The Hall–Kier alpha value is -2.89. The van der Waals surface area contributed by atoms with Crippen LogP contribution in [0.15, 0.2) is 53.4 Å². The van der Waals surface area contributed by atoms with E-state index in [0.29, 0.717) is 17.0 Å². The summed E-state index contributed by atoms with van der Waals surface area (Å²) in [6.45, 7) is -0.240. The van der Waals surface area contributed by atoms with Crippen LogP contribution in [-0.2, 0) is 14.8 Å². The number of benzene rings is 2. The Labute approximate surface area is 146 Å². The average molecular weight is 359 g/mol. The van der Waals surface area contributed by atoms with Gasteiger partial charge in [0.2, 0.25) is 10.0 Å². The van der Waals surface area contributed by atoms with Crippen molar-refractivity contribution in [1.82, 2.24) is 4.31 Å². The molecule has 25 heavy (non-hydrogen) atoms. The zero-order valence-electron chi connectivity index (χ0n) is 13.8. The molecule has 2 aromatic carbocycles. The van der Waals surface area contributed by atoms with Gasteiger partial charge in [-0.05, 0) is 42.5 Å². The minimum absolute atomic E-state index is 0.0864. The molecule has 2 aromatic rings. The van der Waals surface area contributed by atoms with Crippen LogP contribution in [0.3, 0.4) is 0 Å². The zero-order valence-corrected chi connectivity index (χ0v) is 14.6. The summed E-state index contributed by atoms with van der Waals surface area (Å²) in [6, 6.07) is 14.3. The largest absolute Gasteiger partial charge is 0.484 e. The Morgan fingerprint density at radius 1 is 1.20 bits per heavy atom. The van der Waals surface area contributed by atoms with Gasteiger partial charge in [0, 0.05) is 19.8 Å². The van der Waals surface area contributed by atoms with Crippen LogP contribution in [0.25, 0.3) is 0 Å². The third-order valence-electron chi connectivity index (χ3n) is 3.25. The third-order valence-corrected chi connectivity index (χ3v) is 5.06. The first-order chi connectivity index (χ1) is 11.8. The molecule has 0 aromatic heterocycles. The highest BCUT2D eigenvalue weighted by molar-refractivity contribution is 7.89. The summed E-state index contributed by atoms with van der Waals surface area (Å²) in [5.74, 6) is 0.0295. The van der Waals surface area contributed by atoms with Gasteiger partial charge in [0.05, 0.1) is 16.5 Å². The molecule has 0 atom stereocenters. The maximum Gasteiger partial charge on any atom is 0.262 e. The Kier molecular flexibility index (Phi) is 5.75. The minimum atomic E-state index is -3.57. The standard InChI is InChI=1S/C17H17N3O4S/c1-20(2)25(22,23)16-5-3-4-14(10-16)19-17(21)12-24-15-8-6-13(11-18)7-9-15/h3-10H,12H2,1-2H3,(H,19,21). The van der Waals surface area contributed by atoms with E-state index in [4.69, 9.17) is 10.00 Å². The number of carbonyl (C=O) groups is 1. The van der Waals surface area contributed by atoms with Crippen LogP contribution in [0.4, 0.5) is 5.69 Å². The van der Waals surface area contributed by atoms with Crippen molar-refractivity contribution >= 4 is 21.6 Å². The fourth-order valence-electron chi connectivity index (χ4n) is 1.92. The van der Waals surface area contributed by atoms with Gasteiger partial charge in [-0.1, -0.05) is 6.07 Å². The molecule has 0 saturated heterocycles. The number of nitrogens with one attached hydrogen (secondary N) is 1. The number of amides is 1. The predicted octanol–water partition coefficient (Wildman–Crippen LogP) is 1.83. The number of nitriles is 1. The number of rotatable bonds is 6. The van der Waals surface area contributed by atoms with Crippen molar-refractivity contribution in [1.29, 1.82) is 5.26 Å². The Balaban J connectivity index is 2.00. The van der Waals surface area contributed by atoms with E-state index < -0.39 is 15.9 Å². The molecule has 1 N–H and O–H groups in total. The van der Waals surface area contributed by atoms with Gasteiger partial charge in [-0.15, -0.1) is 0 Å². The molecule has 8 heteroatoms. The molecule has 0 unspecified atom stereocenters. The van der Waals surface area contributed by atoms with E-state index in [1.54, 1.807) is 36.4 Å². The lowest BCUT2D eigenvalue weighted by atomic mass is 10.2. The van der Waals surface area contributed by atoms with Crippen molar-refractivity contribution in [3.05, 3.63) is 54.1 Å².